The van der Waals surface area contributed by atoms with Crippen molar-refractivity contribution in [2.24, 2.45) is 0 Å². The van der Waals surface area contributed by atoms with E-state index < -0.39 is 23.9 Å². The highest BCUT2D eigenvalue weighted by atomic mass is 16.4. The van der Waals surface area contributed by atoms with Gasteiger partial charge in [-0.1, -0.05) is 6.07 Å². The van der Waals surface area contributed by atoms with Crippen molar-refractivity contribution in [1.29, 1.82) is 0 Å². The summed E-state index contributed by atoms with van der Waals surface area (Å²) in [6, 6.07) is 4.63. The minimum absolute atomic E-state index is 0.122. The molecule has 0 aliphatic carbocycles. The van der Waals surface area contributed by atoms with E-state index in [0.29, 0.717) is 11.4 Å². The topological polar surface area (TPSA) is 155 Å². The number of carboxylic acid groups (broad SMARTS) is 3. The third kappa shape index (κ3) is 7.74. The molecule has 2 heterocycles. The fourth-order valence-electron chi connectivity index (χ4n) is 3.33. The van der Waals surface area contributed by atoms with E-state index >= 15 is 0 Å². The molecule has 1 unspecified atom stereocenters. The van der Waals surface area contributed by atoms with Gasteiger partial charge in [0.1, 0.15) is 0 Å². The van der Waals surface area contributed by atoms with Crippen LogP contribution in [0.4, 0.5) is 0 Å². The first kappa shape index (κ1) is 22.7. The second kappa shape index (κ2) is 10.8. The van der Waals surface area contributed by atoms with Crippen LogP contribution in [0, 0.1) is 0 Å². The number of nitrogens with zero attached hydrogens (tertiary/aromatic N) is 4. The van der Waals surface area contributed by atoms with Crippen LogP contribution in [0.15, 0.2) is 18.2 Å². The SMILES string of the molecule is O=C(O)CN1CCN(CC(=O)O)CC(CO)N(CC(=O)O)Cc2cccc(n2)C1. The van der Waals surface area contributed by atoms with Crippen LogP contribution in [0.5, 0.6) is 0 Å². The molecule has 0 amide bonds. The molecule has 1 aromatic rings. The predicted octanol–water partition coefficient (Wildman–Crippen LogP) is -1.38. The van der Waals surface area contributed by atoms with Gasteiger partial charge in [0, 0.05) is 38.8 Å². The number of fused-ring (bicyclic) bond motifs is 2. The summed E-state index contributed by atoms with van der Waals surface area (Å²) in [7, 11) is 0. The molecule has 1 atom stereocenters. The molecule has 0 radical (unpaired) electrons. The highest BCUT2D eigenvalue weighted by Gasteiger charge is 2.26. The Hall–Kier alpha value is -2.60. The lowest BCUT2D eigenvalue weighted by Gasteiger charge is -2.34. The van der Waals surface area contributed by atoms with Gasteiger partial charge in [0.25, 0.3) is 0 Å². The first-order valence-electron chi connectivity index (χ1n) is 9.16. The van der Waals surface area contributed by atoms with Gasteiger partial charge in [-0.3, -0.25) is 34.1 Å². The smallest absolute Gasteiger partial charge is 0.317 e. The van der Waals surface area contributed by atoms with E-state index in [1.54, 1.807) is 32.9 Å². The predicted molar refractivity (Wildman–Crippen MR) is 100 cm³/mol. The maximum Gasteiger partial charge on any atom is 0.317 e. The zero-order valence-corrected chi connectivity index (χ0v) is 16.0. The van der Waals surface area contributed by atoms with E-state index in [1.165, 1.54) is 0 Å². The highest BCUT2D eigenvalue weighted by molar-refractivity contribution is 5.70. The highest BCUT2D eigenvalue weighted by Crippen LogP contribution is 2.12. The Morgan fingerprint density at radius 3 is 2.03 bits per heavy atom. The molecule has 29 heavy (non-hydrogen) atoms. The van der Waals surface area contributed by atoms with Crippen LogP contribution in [-0.4, -0.2) is 110 Å². The third-order valence-electron chi connectivity index (χ3n) is 4.60. The largest absolute Gasteiger partial charge is 0.480 e. The normalized spacial score (nSPS) is 19.8. The van der Waals surface area contributed by atoms with Crippen molar-refractivity contribution < 1.29 is 34.8 Å². The molecule has 0 aromatic carbocycles. The van der Waals surface area contributed by atoms with E-state index in [2.05, 4.69) is 4.98 Å². The minimum Gasteiger partial charge on any atom is -0.480 e. The average Bonchev–Trinajstić information content (AvgIpc) is 2.61. The lowest BCUT2D eigenvalue weighted by molar-refractivity contribution is -0.141. The van der Waals surface area contributed by atoms with Crippen LogP contribution in [-0.2, 0) is 27.5 Å². The first-order chi connectivity index (χ1) is 13.8. The molecule has 2 bridgehead atoms. The summed E-state index contributed by atoms with van der Waals surface area (Å²) >= 11 is 0. The van der Waals surface area contributed by atoms with Crippen LogP contribution in [0.3, 0.4) is 0 Å². The molecule has 0 fully saturated rings. The molecule has 0 spiro atoms. The number of rotatable bonds is 7. The van der Waals surface area contributed by atoms with Gasteiger partial charge in [-0.05, 0) is 12.1 Å². The first-order valence-corrected chi connectivity index (χ1v) is 9.16. The number of aromatic nitrogens is 1. The van der Waals surface area contributed by atoms with Gasteiger partial charge in [0.05, 0.1) is 37.6 Å². The molecule has 0 saturated heterocycles. The maximum atomic E-state index is 11.3. The van der Waals surface area contributed by atoms with Gasteiger partial charge in [0.15, 0.2) is 0 Å². The van der Waals surface area contributed by atoms with E-state index in [9.17, 15) is 34.8 Å². The number of aliphatic carboxylic acids is 3. The van der Waals surface area contributed by atoms with Crippen molar-refractivity contribution in [3.8, 4) is 0 Å². The number of hydrogen-bond acceptors (Lipinski definition) is 8. The summed E-state index contributed by atoms with van der Waals surface area (Å²) in [5, 5.41) is 37.5. The molecule has 1 aliphatic rings. The van der Waals surface area contributed by atoms with E-state index in [1.807, 2.05) is 0 Å². The molecule has 11 nitrogen and oxygen atoms in total. The van der Waals surface area contributed by atoms with Gasteiger partial charge in [0.2, 0.25) is 0 Å². The Kier molecular flexibility index (Phi) is 8.46. The summed E-state index contributed by atoms with van der Waals surface area (Å²) in [4.78, 5) is 43.1. The van der Waals surface area contributed by atoms with Crippen molar-refractivity contribution in [2.45, 2.75) is 19.1 Å². The van der Waals surface area contributed by atoms with Crippen LogP contribution >= 0.6 is 0 Å². The fourth-order valence-corrected chi connectivity index (χ4v) is 3.33. The van der Waals surface area contributed by atoms with Crippen molar-refractivity contribution >= 4 is 17.9 Å². The zero-order valence-electron chi connectivity index (χ0n) is 16.0. The average molecular weight is 410 g/mol. The summed E-state index contributed by atoms with van der Waals surface area (Å²) in [5.74, 6) is -3.13. The monoisotopic (exact) mass is 410 g/mol. The number of hydrogen-bond donors (Lipinski definition) is 4. The second-order valence-corrected chi connectivity index (χ2v) is 6.99. The van der Waals surface area contributed by atoms with Gasteiger partial charge in [-0.15, -0.1) is 0 Å². The van der Waals surface area contributed by atoms with E-state index in [4.69, 9.17) is 0 Å². The number of aliphatic hydroxyl groups is 1. The Labute approximate surface area is 167 Å². The van der Waals surface area contributed by atoms with Gasteiger partial charge >= 0.3 is 17.9 Å². The summed E-state index contributed by atoms with van der Waals surface area (Å²) < 4.78 is 0. The Bertz CT molecular complexity index is 730. The number of carbonyl (C=O) groups is 3. The van der Waals surface area contributed by atoms with Crippen LogP contribution in [0.2, 0.25) is 0 Å². The van der Waals surface area contributed by atoms with E-state index in [-0.39, 0.29) is 59.0 Å². The number of carboxylic acids is 3. The van der Waals surface area contributed by atoms with Crippen LogP contribution in [0.1, 0.15) is 11.4 Å². The van der Waals surface area contributed by atoms with Gasteiger partial charge < -0.3 is 20.4 Å². The Balaban J connectivity index is 2.36. The van der Waals surface area contributed by atoms with E-state index in [0.717, 1.165) is 0 Å². The van der Waals surface area contributed by atoms with Gasteiger partial charge in [-0.25, -0.2) is 0 Å². The molecular formula is C18H26N4O7. The lowest BCUT2D eigenvalue weighted by atomic mass is 10.2. The lowest BCUT2D eigenvalue weighted by Crippen LogP contribution is -2.50. The second-order valence-electron chi connectivity index (χ2n) is 6.99. The Morgan fingerprint density at radius 2 is 1.45 bits per heavy atom. The standard InChI is InChI=1S/C18H26N4O7/c23-12-15-8-21(10-17(26)27)5-4-20(9-16(24)25)6-13-2-1-3-14(19-13)7-22(15)11-18(28)29/h1-3,15,23H,4-12H2,(H,24,25)(H,26,27)(H,28,29). The van der Waals surface area contributed by atoms with Crippen molar-refractivity contribution in [3.63, 3.8) is 0 Å². The summed E-state index contributed by atoms with van der Waals surface area (Å²) in [5.41, 5.74) is 1.22. The quantitative estimate of drug-likeness (QED) is 0.420. The number of aliphatic hydroxyl groups excluding tert-OH is 1. The van der Waals surface area contributed by atoms with Crippen molar-refractivity contribution in [1.82, 2.24) is 19.7 Å². The fraction of sp³-hybridized carbons (Fsp3) is 0.556. The molecule has 160 valence electrons. The molecule has 1 aliphatic heterocycles. The zero-order chi connectivity index (χ0) is 21.4. The number of pyridine rings is 1. The minimum atomic E-state index is -1.07. The molecule has 11 heteroatoms. The molecule has 4 N–H and O–H groups in total. The maximum absolute atomic E-state index is 11.3. The van der Waals surface area contributed by atoms with Crippen LogP contribution in [0.25, 0.3) is 0 Å². The van der Waals surface area contributed by atoms with Crippen LogP contribution < -0.4 is 0 Å². The van der Waals surface area contributed by atoms with Crippen molar-refractivity contribution in [2.75, 3.05) is 45.9 Å². The summed E-state index contributed by atoms with van der Waals surface area (Å²) in [6.45, 7) is -0.140. The Morgan fingerprint density at radius 1 is 0.897 bits per heavy atom. The van der Waals surface area contributed by atoms with Gasteiger partial charge in [-0.2, -0.15) is 0 Å². The summed E-state index contributed by atoms with van der Waals surface area (Å²) in [6.07, 6.45) is 0. The molecular weight excluding hydrogens is 384 g/mol. The third-order valence-corrected chi connectivity index (χ3v) is 4.60. The van der Waals surface area contributed by atoms with Crippen molar-refractivity contribution in [3.05, 3.63) is 29.6 Å². The molecule has 2 rings (SSSR count). The molecule has 1 aromatic heterocycles. The molecule has 0 saturated carbocycles.